The second-order valence-electron chi connectivity index (χ2n) is 14.1. The Morgan fingerprint density at radius 3 is 1.66 bits per heavy atom. The zero-order chi connectivity index (χ0) is 45.8. The van der Waals surface area contributed by atoms with Gasteiger partial charge in [0.2, 0.25) is 41.4 Å². The average Bonchev–Trinajstić information content (AvgIpc) is 3.20. The van der Waals surface area contributed by atoms with E-state index in [0.717, 1.165) is 0 Å². The third kappa shape index (κ3) is 18.3. The number of aliphatic carboxylic acids is 2. The van der Waals surface area contributed by atoms with Gasteiger partial charge in [0.15, 0.2) is 0 Å². The number of aliphatic hydroxyl groups excluding tert-OH is 1. The van der Waals surface area contributed by atoms with E-state index < -0.39 is 121 Å². The zero-order valence-electron chi connectivity index (χ0n) is 33.8. The number of nitrogens with two attached hydrogens (primary N) is 2. The first-order valence-corrected chi connectivity index (χ1v) is 20.4. The highest BCUT2D eigenvalue weighted by atomic mass is 32.2. The van der Waals surface area contributed by atoms with Gasteiger partial charge in [-0.2, -0.15) is 11.8 Å². The Labute approximate surface area is 355 Å². The van der Waals surface area contributed by atoms with Crippen LogP contribution in [-0.2, 0) is 56.0 Å². The molecule has 2 aromatic carbocycles. The van der Waals surface area contributed by atoms with E-state index in [1.54, 1.807) is 36.6 Å². The van der Waals surface area contributed by atoms with E-state index >= 15 is 0 Å². The molecule has 0 radical (unpaired) electrons. The van der Waals surface area contributed by atoms with Crippen molar-refractivity contribution in [1.82, 2.24) is 31.9 Å². The molecule has 0 saturated heterocycles. The van der Waals surface area contributed by atoms with E-state index in [9.17, 15) is 63.6 Å². The van der Waals surface area contributed by atoms with Gasteiger partial charge in [-0.05, 0) is 62.0 Å². The lowest BCUT2D eigenvalue weighted by Crippen LogP contribution is -2.60. The minimum atomic E-state index is -1.77. The number of carboxylic acids is 2. The molecule has 0 fully saturated rings. The molecule has 0 spiro atoms. The SMILES string of the molecule is CSCC[C@H](NC(=O)[C@@H](N)[C@@H](C)O)C(=O)N[C@@H](C)C(=O)N[C@@H](Cc1ccc(O)cc1)C(=O)N[C@@H](CCC(=O)O)C(=O)N[C@@H](CC(N)=O)C(=O)N[C@@H](Cc1ccccc1)C(=O)O. The molecule has 0 bridgehead atoms. The molecule has 2 aromatic rings. The van der Waals surface area contributed by atoms with Gasteiger partial charge in [0.25, 0.3) is 0 Å². The summed E-state index contributed by atoms with van der Waals surface area (Å²) in [6, 6.07) is 3.41. The molecule has 2 rings (SSSR count). The van der Waals surface area contributed by atoms with Crippen molar-refractivity contribution in [1.29, 1.82) is 0 Å². The molecule has 8 atom stereocenters. The molecule has 334 valence electrons. The number of nitrogens with one attached hydrogen (secondary N) is 6. The van der Waals surface area contributed by atoms with Crippen LogP contribution in [0.15, 0.2) is 54.6 Å². The summed E-state index contributed by atoms with van der Waals surface area (Å²) in [4.78, 5) is 116. The Morgan fingerprint density at radius 1 is 0.623 bits per heavy atom. The van der Waals surface area contributed by atoms with E-state index in [0.29, 0.717) is 16.9 Å². The summed E-state index contributed by atoms with van der Waals surface area (Å²) in [5, 5.41) is 53.0. The number of aromatic hydroxyl groups is 1. The van der Waals surface area contributed by atoms with E-state index in [2.05, 4.69) is 31.9 Å². The van der Waals surface area contributed by atoms with Gasteiger partial charge in [-0.1, -0.05) is 42.5 Å². The number of hydrogen-bond acceptors (Lipinski definition) is 13. The summed E-state index contributed by atoms with van der Waals surface area (Å²) in [6.45, 7) is 2.59. The standard InChI is InChI=1S/C39H54N8O13S/c1-20(42-34(54)26(15-16-61-3)44-38(58)32(41)21(2)48)33(53)45-27(17-23-9-11-24(49)12-10-23)36(56)43-25(13-14-31(51)52)35(55)46-28(19-30(40)50)37(57)47-29(39(59)60)18-22-7-5-4-6-8-22/h4-12,20-21,25-29,32,48-49H,13-19,41H2,1-3H3,(H2,40,50)(H,42,54)(H,43,56)(H,44,58)(H,45,53)(H,46,55)(H,47,57)(H,51,52)(H,59,60)/t20-,21+,25-,26-,27-,28-,29-,32-/m0/s1. The summed E-state index contributed by atoms with van der Waals surface area (Å²) < 4.78 is 0. The molecular formula is C39H54N8O13S. The van der Waals surface area contributed by atoms with Crippen molar-refractivity contribution in [3.8, 4) is 5.75 Å². The molecule has 0 heterocycles. The van der Waals surface area contributed by atoms with Gasteiger partial charge in [-0.25, -0.2) is 4.79 Å². The van der Waals surface area contributed by atoms with E-state index in [4.69, 9.17) is 11.5 Å². The predicted molar refractivity (Wildman–Crippen MR) is 220 cm³/mol. The van der Waals surface area contributed by atoms with Crippen LogP contribution in [0.25, 0.3) is 0 Å². The zero-order valence-corrected chi connectivity index (χ0v) is 34.6. The van der Waals surface area contributed by atoms with Crippen LogP contribution in [-0.4, -0.2) is 134 Å². The number of phenols is 1. The predicted octanol–water partition coefficient (Wildman–Crippen LogP) is -2.61. The first-order valence-electron chi connectivity index (χ1n) is 19.0. The number of primary amides is 1. The molecule has 0 aliphatic carbocycles. The summed E-state index contributed by atoms with van der Waals surface area (Å²) in [7, 11) is 0. The van der Waals surface area contributed by atoms with Gasteiger partial charge >= 0.3 is 11.9 Å². The third-order valence-corrected chi connectivity index (χ3v) is 9.69. The molecular weight excluding hydrogens is 821 g/mol. The van der Waals surface area contributed by atoms with Crippen LogP contribution in [0.5, 0.6) is 5.75 Å². The van der Waals surface area contributed by atoms with Gasteiger partial charge in [0.05, 0.1) is 12.5 Å². The maximum Gasteiger partial charge on any atom is 0.326 e. The van der Waals surface area contributed by atoms with E-state index in [-0.39, 0.29) is 25.0 Å². The molecule has 22 heteroatoms. The third-order valence-electron chi connectivity index (χ3n) is 9.04. The minimum Gasteiger partial charge on any atom is -0.508 e. The molecule has 61 heavy (non-hydrogen) atoms. The lowest BCUT2D eigenvalue weighted by atomic mass is 10.0. The first-order chi connectivity index (χ1) is 28.7. The minimum absolute atomic E-state index is 0.114. The maximum absolute atomic E-state index is 13.9. The number of aliphatic hydroxyl groups is 1. The van der Waals surface area contributed by atoms with Crippen LogP contribution < -0.4 is 43.4 Å². The Balaban J connectivity index is 2.35. The van der Waals surface area contributed by atoms with Crippen molar-refractivity contribution < 1.29 is 63.6 Å². The monoisotopic (exact) mass is 874 g/mol. The summed E-state index contributed by atoms with van der Waals surface area (Å²) in [5.41, 5.74) is 12.0. The number of carbonyl (C=O) groups excluding carboxylic acids is 7. The second kappa shape index (κ2) is 25.4. The topological polar surface area (TPSA) is 359 Å². The highest BCUT2D eigenvalue weighted by Gasteiger charge is 2.34. The lowest BCUT2D eigenvalue weighted by molar-refractivity contribution is -0.142. The van der Waals surface area contributed by atoms with Crippen molar-refractivity contribution in [2.24, 2.45) is 11.5 Å². The Morgan fingerprint density at radius 2 is 1.10 bits per heavy atom. The maximum atomic E-state index is 13.9. The largest absolute Gasteiger partial charge is 0.508 e. The van der Waals surface area contributed by atoms with E-state index in [1.807, 2.05) is 0 Å². The highest BCUT2D eigenvalue weighted by molar-refractivity contribution is 7.98. The average molecular weight is 875 g/mol. The molecule has 0 aromatic heterocycles. The van der Waals surface area contributed by atoms with Crippen molar-refractivity contribution in [2.75, 3.05) is 12.0 Å². The van der Waals surface area contributed by atoms with Crippen molar-refractivity contribution in [2.45, 2.75) is 101 Å². The van der Waals surface area contributed by atoms with Crippen LogP contribution in [0.3, 0.4) is 0 Å². The molecule has 0 aliphatic heterocycles. The normalized spacial score (nSPS) is 14.8. The summed E-state index contributed by atoms with van der Waals surface area (Å²) >= 11 is 1.38. The number of amides is 7. The quantitative estimate of drug-likeness (QED) is 0.0461. The Kier molecular flexibility index (Phi) is 21.2. The van der Waals surface area contributed by atoms with Gasteiger partial charge < -0.3 is 63.8 Å². The molecule has 14 N–H and O–H groups in total. The van der Waals surface area contributed by atoms with Crippen molar-refractivity contribution in [3.05, 3.63) is 65.7 Å². The van der Waals surface area contributed by atoms with Crippen LogP contribution in [0, 0.1) is 0 Å². The van der Waals surface area contributed by atoms with Gasteiger partial charge in [0, 0.05) is 19.3 Å². The molecule has 0 aliphatic rings. The Hall–Kier alpha value is -6.26. The van der Waals surface area contributed by atoms with Crippen LogP contribution in [0.4, 0.5) is 0 Å². The number of benzene rings is 2. The first kappa shape index (κ1) is 50.9. The number of thioether (sulfide) groups is 1. The molecule has 0 saturated carbocycles. The van der Waals surface area contributed by atoms with Crippen molar-refractivity contribution in [3.63, 3.8) is 0 Å². The fourth-order valence-electron chi connectivity index (χ4n) is 5.56. The highest BCUT2D eigenvalue weighted by Crippen LogP contribution is 2.13. The Bertz CT molecular complexity index is 1850. The molecule has 21 nitrogen and oxygen atoms in total. The van der Waals surface area contributed by atoms with Crippen molar-refractivity contribution >= 4 is 65.1 Å². The van der Waals surface area contributed by atoms with Crippen LogP contribution in [0.1, 0.15) is 50.7 Å². The van der Waals surface area contributed by atoms with Gasteiger partial charge in [-0.3, -0.25) is 38.4 Å². The number of carbonyl (C=O) groups is 9. The number of phenolic OH excluding ortho intramolecular Hbond substituents is 1. The van der Waals surface area contributed by atoms with Gasteiger partial charge in [0.1, 0.15) is 48.0 Å². The number of rotatable bonds is 26. The molecule has 7 amide bonds. The number of hydrogen-bond donors (Lipinski definition) is 12. The molecule has 0 unspecified atom stereocenters. The fourth-order valence-corrected chi connectivity index (χ4v) is 6.03. The smallest absolute Gasteiger partial charge is 0.326 e. The van der Waals surface area contributed by atoms with Crippen LogP contribution >= 0.6 is 11.8 Å². The van der Waals surface area contributed by atoms with E-state index in [1.165, 1.54) is 49.9 Å². The fraction of sp³-hybridized carbons (Fsp3) is 0.462. The number of carboxylic acid groups (broad SMARTS) is 2. The lowest BCUT2D eigenvalue weighted by Gasteiger charge is -2.27. The van der Waals surface area contributed by atoms with Gasteiger partial charge in [-0.15, -0.1) is 0 Å². The van der Waals surface area contributed by atoms with Crippen LogP contribution in [0.2, 0.25) is 0 Å². The second-order valence-corrected chi connectivity index (χ2v) is 15.1. The summed E-state index contributed by atoms with van der Waals surface area (Å²) in [6.07, 6.45) is -1.81. The summed E-state index contributed by atoms with van der Waals surface area (Å²) in [5.74, 6) is -9.37.